The fraction of sp³-hybridized carbons (Fsp3) is 0.238. The number of sulfonamides is 1. The van der Waals surface area contributed by atoms with Crippen LogP contribution >= 0.6 is 0 Å². The van der Waals surface area contributed by atoms with Gasteiger partial charge in [0.05, 0.1) is 16.1 Å². The zero-order valence-electron chi connectivity index (χ0n) is 17.0. The van der Waals surface area contributed by atoms with Gasteiger partial charge in [-0.15, -0.1) is 0 Å². The molecule has 2 heterocycles. The molecule has 11 heteroatoms. The second-order valence-electron chi connectivity index (χ2n) is 7.43. The number of hydrogen-bond donors (Lipinski definition) is 1. The molecule has 166 valence electrons. The number of carbonyl (C=O) groups is 1. The molecule has 1 N–H and O–H groups in total. The fourth-order valence-electron chi connectivity index (χ4n) is 3.69. The van der Waals surface area contributed by atoms with Gasteiger partial charge >= 0.3 is 0 Å². The van der Waals surface area contributed by atoms with Crippen molar-refractivity contribution < 1.29 is 18.1 Å². The molecule has 10 nitrogen and oxygen atoms in total. The first-order valence-electron chi connectivity index (χ1n) is 9.98. The molecule has 0 spiro atoms. The van der Waals surface area contributed by atoms with Gasteiger partial charge in [-0.2, -0.15) is 0 Å². The summed E-state index contributed by atoms with van der Waals surface area (Å²) in [5, 5.41) is 11.5. The molecule has 0 atom stereocenters. The van der Waals surface area contributed by atoms with E-state index in [4.69, 9.17) is 0 Å². The first-order valence-corrected chi connectivity index (χ1v) is 11.5. The van der Waals surface area contributed by atoms with Crippen LogP contribution in [-0.2, 0) is 10.0 Å². The lowest BCUT2D eigenvalue weighted by Crippen LogP contribution is -2.46. The monoisotopic (exact) mass is 455 g/mol. The van der Waals surface area contributed by atoms with E-state index < -0.39 is 14.9 Å². The van der Waals surface area contributed by atoms with Crippen LogP contribution in [0.1, 0.15) is 23.2 Å². The Balaban J connectivity index is 1.43. The molecular formula is C21H21N5O5S. The number of rotatable bonds is 6. The lowest BCUT2D eigenvalue weighted by Gasteiger charge is -2.32. The Morgan fingerprint density at radius 2 is 1.84 bits per heavy atom. The summed E-state index contributed by atoms with van der Waals surface area (Å²) in [7, 11) is -3.63. The predicted octanol–water partition coefficient (Wildman–Crippen LogP) is 2.36. The van der Waals surface area contributed by atoms with E-state index in [9.17, 15) is 23.3 Å². The van der Waals surface area contributed by atoms with E-state index in [0.717, 1.165) is 0 Å². The first kappa shape index (κ1) is 21.7. The Bertz CT molecular complexity index is 1220. The highest BCUT2D eigenvalue weighted by Crippen LogP contribution is 2.26. The van der Waals surface area contributed by atoms with Crippen LogP contribution in [0.2, 0.25) is 0 Å². The molecule has 0 aliphatic carbocycles. The van der Waals surface area contributed by atoms with E-state index in [1.807, 2.05) is 0 Å². The first-order chi connectivity index (χ1) is 15.3. The Hall–Kier alpha value is -3.57. The van der Waals surface area contributed by atoms with Gasteiger partial charge in [-0.3, -0.25) is 14.9 Å². The number of likely N-dealkylation sites (tertiary alicyclic amines) is 1. The van der Waals surface area contributed by atoms with Gasteiger partial charge in [0.1, 0.15) is 5.69 Å². The smallest absolute Gasteiger partial charge is 0.294 e. The number of nitro benzene ring substituents is 1. The summed E-state index contributed by atoms with van der Waals surface area (Å²) in [4.78, 5) is 29.6. The summed E-state index contributed by atoms with van der Waals surface area (Å²) in [5.74, 6) is -0.324. The zero-order chi connectivity index (χ0) is 22.7. The molecule has 4 rings (SSSR count). The van der Waals surface area contributed by atoms with Crippen LogP contribution in [0, 0.1) is 10.1 Å². The Morgan fingerprint density at radius 3 is 2.47 bits per heavy atom. The molecule has 1 aliphatic rings. The number of piperidine rings is 1. The minimum Gasteiger partial charge on any atom is -0.339 e. The van der Waals surface area contributed by atoms with Gasteiger partial charge in [-0.1, -0.05) is 18.2 Å². The molecule has 3 aromatic rings. The van der Waals surface area contributed by atoms with Crippen molar-refractivity contribution in [3.63, 3.8) is 0 Å². The largest absolute Gasteiger partial charge is 0.339 e. The molecule has 2 aromatic carbocycles. The average Bonchev–Trinajstić information content (AvgIpc) is 3.34. The van der Waals surface area contributed by atoms with Gasteiger partial charge in [0, 0.05) is 43.2 Å². The van der Waals surface area contributed by atoms with Crippen LogP contribution in [0.15, 0.2) is 72.1 Å². The molecule has 0 bridgehead atoms. The van der Waals surface area contributed by atoms with Crippen LogP contribution in [0.25, 0.3) is 5.69 Å². The van der Waals surface area contributed by atoms with Gasteiger partial charge in [0.15, 0.2) is 0 Å². The summed E-state index contributed by atoms with van der Waals surface area (Å²) in [6, 6.07) is 12.2. The summed E-state index contributed by atoms with van der Waals surface area (Å²) < 4.78 is 29.2. The van der Waals surface area contributed by atoms with E-state index in [0.29, 0.717) is 31.6 Å². The van der Waals surface area contributed by atoms with Crippen molar-refractivity contribution in [2.75, 3.05) is 13.1 Å². The number of nitrogens with zero attached hydrogens (tertiary/aromatic N) is 4. The summed E-state index contributed by atoms with van der Waals surface area (Å²) >= 11 is 0. The highest BCUT2D eigenvalue weighted by Gasteiger charge is 2.28. The number of nitro groups is 1. The maximum Gasteiger partial charge on any atom is 0.294 e. The average molecular weight is 455 g/mol. The quantitative estimate of drug-likeness (QED) is 0.449. The molecule has 0 unspecified atom stereocenters. The number of nitrogens with one attached hydrogen (secondary N) is 1. The summed E-state index contributed by atoms with van der Waals surface area (Å²) in [6.45, 7) is 0.690. The summed E-state index contributed by atoms with van der Waals surface area (Å²) in [5.41, 5.74) is 0.335. The lowest BCUT2D eigenvalue weighted by atomic mass is 10.0. The van der Waals surface area contributed by atoms with Crippen molar-refractivity contribution in [1.29, 1.82) is 0 Å². The number of aromatic nitrogens is 2. The van der Waals surface area contributed by atoms with Crippen molar-refractivity contribution in [3.8, 4) is 5.69 Å². The van der Waals surface area contributed by atoms with Crippen LogP contribution in [0.5, 0.6) is 0 Å². The Labute approximate surface area is 184 Å². The minimum absolute atomic E-state index is 0.195. The fourth-order valence-corrected chi connectivity index (χ4v) is 5.02. The molecule has 1 saturated heterocycles. The van der Waals surface area contributed by atoms with E-state index in [-0.39, 0.29) is 28.1 Å². The molecule has 0 radical (unpaired) electrons. The Kier molecular flexibility index (Phi) is 6.01. The van der Waals surface area contributed by atoms with Crippen molar-refractivity contribution in [2.24, 2.45) is 0 Å². The topological polar surface area (TPSA) is 127 Å². The third kappa shape index (κ3) is 4.53. The van der Waals surface area contributed by atoms with Gasteiger partial charge in [-0.25, -0.2) is 18.1 Å². The van der Waals surface area contributed by atoms with Crippen molar-refractivity contribution in [1.82, 2.24) is 19.2 Å². The lowest BCUT2D eigenvalue weighted by molar-refractivity contribution is -0.384. The van der Waals surface area contributed by atoms with E-state index in [1.165, 1.54) is 41.4 Å². The van der Waals surface area contributed by atoms with E-state index in [2.05, 4.69) is 9.71 Å². The standard InChI is InChI=1S/C21H21N5O5S/c27-21(16-6-7-19(20(14-16)26(28)29)25-13-10-22-15-25)24-11-8-17(9-12-24)23-32(30,31)18-4-2-1-3-5-18/h1-7,10,13-15,17,23H,8-9,11-12H2. The van der Waals surface area contributed by atoms with E-state index >= 15 is 0 Å². The third-order valence-electron chi connectivity index (χ3n) is 5.36. The second kappa shape index (κ2) is 8.89. The molecule has 1 aromatic heterocycles. The minimum atomic E-state index is -3.63. The molecular weight excluding hydrogens is 434 g/mol. The maximum atomic E-state index is 12.9. The third-order valence-corrected chi connectivity index (χ3v) is 6.90. The van der Waals surface area contributed by atoms with Gasteiger partial charge < -0.3 is 9.47 Å². The van der Waals surface area contributed by atoms with Gasteiger partial charge in [0.2, 0.25) is 10.0 Å². The zero-order valence-corrected chi connectivity index (χ0v) is 17.8. The van der Waals surface area contributed by atoms with Crippen molar-refractivity contribution >= 4 is 21.6 Å². The number of imidazole rings is 1. The number of benzene rings is 2. The van der Waals surface area contributed by atoms with Crippen LogP contribution in [-0.4, -0.2) is 52.8 Å². The molecule has 32 heavy (non-hydrogen) atoms. The molecule has 1 fully saturated rings. The van der Waals surface area contributed by atoms with Crippen LogP contribution < -0.4 is 4.72 Å². The van der Waals surface area contributed by atoms with Crippen molar-refractivity contribution in [3.05, 3.63) is 82.9 Å². The van der Waals surface area contributed by atoms with Gasteiger partial charge in [0.25, 0.3) is 11.6 Å². The SMILES string of the molecule is O=C(c1ccc(-n2ccnc2)c([N+](=O)[O-])c1)N1CCC(NS(=O)(=O)c2ccccc2)CC1. The number of hydrogen-bond acceptors (Lipinski definition) is 6. The molecule has 0 saturated carbocycles. The van der Waals surface area contributed by atoms with E-state index in [1.54, 1.807) is 35.4 Å². The predicted molar refractivity (Wildman–Crippen MR) is 116 cm³/mol. The van der Waals surface area contributed by atoms with Crippen molar-refractivity contribution in [2.45, 2.75) is 23.8 Å². The van der Waals surface area contributed by atoms with Crippen LogP contribution in [0.3, 0.4) is 0 Å². The normalized spacial score (nSPS) is 14.9. The Morgan fingerprint density at radius 1 is 1.12 bits per heavy atom. The highest BCUT2D eigenvalue weighted by atomic mass is 32.2. The number of carbonyl (C=O) groups excluding carboxylic acids is 1. The summed E-state index contributed by atoms with van der Waals surface area (Å²) in [6.07, 6.45) is 5.45. The highest BCUT2D eigenvalue weighted by molar-refractivity contribution is 7.89. The molecule has 1 amide bonds. The maximum absolute atomic E-state index is 12.9. The number of amides is 1. The van der Waals surface area contributed by atoms with Gasteiger partial charge in [-0.05, 0) is 37.1 Å². The van der Waals surface area contributed by atoms with Crippen LogP contribution in [0.4, 0.5) is 5.69 Å². The molecule has 1 aliphatic heterocycles. The second-order valence-corrected chi connectivity index (χ2v) is 9.15.